The summed E-state index contributed by atoms with van der Waals surface area (Å²) < 4.78 is 16.3. The molecule has 0 N–H and O–H groups in total. The lowest BCUT2D eigenvalue weighted by atomic mass is 10.2. The molecule has 0 spiro atoms. The van der Waals surface area contributed by atoms with Crippen LogP contribution in [0.4, 0.5) is 0 Å². The van der Waals surface area contributed by atoms with Crippen LogP contribution in [0.1, 0.15) is 23.2 Å². The van der Waals surface area contributed by atoms with Crippen molar-refractivity contribution in [2.24, 2.45) is 0 Å². The first-order valence-corrected chi connectivity index (χ1v) is 7.40. The Hall–Kier alpha value is -1.66. The van der Waals surface area contributed by atoms with Crippen LogP contribution < -0.4 is 4.74 Å². The van der Waals surface area contributed by atoms with Crippen molar-refractivity contribution >= 4 is 5.91 Å². The third-order valence-corrected chi connectivity index (χ3v) is 3.72. The first kappa shape index (κ1) is 14.3. The van der Waals surface area contributed by atoms with E-state index in [1.807, 2.05) is 0 Å². The SMILES string of the molecule is O=C(c1ccc(OCC2CCCO2)nc1)N1CCOCC1. The highest BCUT2D eigenvalue weighted by Crippen LogP contribution is 2.15. The Morgan fingerprint density at radius 2 is 2.19 bits per heavy atom. The normalized spacial score (nSPS) is 22.3. The fraction of sp³-hybridized carbons (Fsp3) is 0.600. The van der Waals surface area contributed by atoms with Crippen LogP contribution >= 0.6 is 0 Å². The van der Waals surface area contributed by atoms with Crippen LogP contribution in [0, 0.1) is 0 Å². The molecule has 114 valence electrons. The highest BCUT2D eigenvalue weighted by atomic mass is 16.5. The van der Waals surface area contributed by atoms with E-state index in [1.54, 1.807) is 23.2 Å². The maximum Gasteiger partial charge on any atom is 0.255 e. The molecule has 1 atom stereocenters. The fourth-order valence-corrected chi connectivity index (χ4v) is 2.50. The second-order valence-electron chi connectivity index (χ2n) is 5.24. The van der Waals surface area contributed by atoms with Crippen molar-refractivity contribution in [3.63, 3.8) is 0 Å². The smallest absolute Gasteiger partial charge is 0.255 e. The van der Waals surface area contributed by atoms with E-state index in [0.717, 1.165) is 19.4 Å². The van der Waals surface area contributed by atoms with E-state index in [1.165, 1.54) is 0 Å². The number of carbonyl (C=O) groups is 1. The molecule has 0 bridgehead atoms. The predicted molar refractivity (Wildman–Crippen MR) is 75.4 cm³/mol. The highest BCUT2D eigenvalue weighted by molar-refractivity contribution is 5.94. The number of ether oxygens (including phenoxy) is 3. The molecule has 0 radical (unpaired) electrons. The first-order chi connectivity index (χ1) is 10.3. The van der Waals surface area contributed by atoms with Crippen molar-refractivity contribution in [3.05, 3.63) is 23.9 Å². The molecule has 1 amide bonds. The third kappa shape index (κ3) is 3.71. The Bertz CT molecular complexity index is 465. The van der Waals surface area contributed by atoms with Gasteiger partial charge in [0.05, 0.1) is 24.9 Å². The molecule has 6 nitrogen and oxygen atoms in total. The highest BCUT2D eigenvalue weighted by Gasteiger charge is 2.19. The number of nitrogens with zero attached hydrogens (tertiary/aromatic N) is 2. The van der Waals surface area contributed by atoms with E-state index in [2.05, 4.69) is 4.98 Å². The number of hydrogen-bond donors (Lipinski definition) is 0. The van der Waals surface area contributed by atoms with Gasteiger partial charge in [0.15, 0.2) is 0 Å². The Morgan fingerprint density at radius 1 is 1.33 bits per heavy atom. The topological polar surface area (TPSA) is 60.9 Å². The van der Waals surface area contributed by atoms with Crippen LogP contribution in [0.5, 0.6) is 5.88 Å². The third-order valence-electron chi connectivity index (χ3n) is 3.72. The van der Waals surface area contributed by atoms with Gasteiger partial charge in [0.2, 0.25) is 5.88 Å². The van der Waals surface area contributed by atoms with Crippen LogP contribution in [-0.2, 0) is 9.47 Å². The minimum absolute atomic E-state index is 0.00326. The number of morpholine rings is 1. The van der Waals surface area contributed by atoms with Gasteiger partial charge < -0.3 is 19.1 Å². The maximum atomic E-state index is 12.2. The number of pyridine rings is 1. The van der Waals surface area contributed by atoms with Gasteiger partial charge in [0.1, 0.15) is 6.61 Å². The second-order valence-corrected chi connectivity index (χ2v) is 5.24. The fourth-order valence-electron chi connectivity index (χ4n) is 2.50. The summed E-state index contributed by atoms with van der Waals surface area (Å²) in [6, 6.07) is 3.50. The summed E-state index contributed by atoms with van der Waals surface area (Å²) >= 11 is 0. The van der Waals surface area contributed by atoms with Gasteiger partial charge in [-0.05, 0) is 18.9 Å². The summed E-state index contributed by atoms with van der Waals surface area (Å²) in [5.74, 6) is 0.528. The maximum absolute atomic E-state index is 12.2. The monoisotopic (exact) mass is 292 g/mol. The molecule has 2 saturated heterocycles. The lowest BCUT2D eigenvalue weighted by Gasteiger charge is -2.26. The largest absolute Gasteiger partial charge is 0.475 e. The van der Waals surface area contributed by atoms with Gasteiger partial charge in [0.25, 0.3) is 5.91 Å². The zero-order valence-electron chi connectivity index (χ0n) is 12.0. The van der Waals surface area contributed by atoms with E-state index in [4.69, 9.17) is 14.2 Å². The standard InChI is InChI=1S/C15H20N2O4/c18-15(17-5-8-19-9-6-17)12-3-4-14(16-10-12)21-11-13-2-1-7-20-13/h3-4,10,13H,1-2,5-9,11H2. The number of amides is 1. The van der Waals surface area contributed by atoms with Gasteiger partial charge in [0, 0.05) is 32.0 Å². The van der Waals surface area contributed by atoms with Crippen molar-refractivity contribution in [1.82, 2.24) is 9.88 Å². The Balaban J connectivity index is 1.54. The zero-order valence-corrected chi connectivity index (χ0v) is 12.0. The number of aromatic nitrogens is 1. The van der Waals surface area contributed by atoms with Gasteiger partial charge >= 0.3 is 0 Å². The lowest BCUT2D eigenvalue weighted by molar-refractivity contribution is 0.0302. The van der Waals surface area contributed by atoms with E-state index < -0.39 is 0 Å². The van der Waals surface area contributed by atoms with Crippen molar-refractivity contribution in [2.45, 2.75) is 18.9 Å². The Morgan fingerprint density at radius 3 is 2.86 bits per heavy atom. The molecular weight excluding hydrogens is 272 g/mol. The molecule has 6 heteroatoms. The van der Waals surface area contributed by atoms with Crippen molar-refractivity contribution in [3.8, 4) is 5.88 Å². The van der Waals surface area contributed by atoms with Crippen molar-refractivity contribution < 1.29 is 19.0 Å². The van der Waals surface area contributed by atoms with Crippen LogP contribution in [0.2, 0.25) is 0 Å². The van der Waals surface area contributed by atoms with Crippen molar-refractivity contribution in [1.29, 1.82) is 0 Å². The van der Waals surface area contributed by atoms with Crippen LogP contribution in [-0.4, -0.2) is 61.4 Å². The molecule has 0 aliphatic carbocycles. The minimum atomic E-state index is -0.00326. The van der Waals surface area contributed by atoms with Crippen LogP contribution in [0.25, 0.3) is 0 Å². The quantitative estimate of drug-likeness (QED) is 0.832. The molecule has 2 aliphatic rings. The molecule has 3 heterocycles. The first-order valence-electron chi connectivity index (χ1n) is 7.40. The van der Waals surface area contributed by atoms with Gasteiger partial charge in [-0.15, -0.1) is 0 Å². The predicted octanol–water partition coefficient (Wildman–Crippen LogP) is 1.11. The summed E-state index contributed by atoms with van der Waals surface area (Å²) in [5, 5.41) is 0. The molecule has 0 aromatic carbocycles. The Kier molecular flexibility index (Phi) is 4.67. The number of carbonyl (C=O) groups excluding carboxylic acids is 1. The summed E-state index contributed by atoms with van der Waals surface area (Å²) in [7, 11) is 0. The number of hydrogen-bond acceptors (Lipinski definition) is 5. The molecule has 2 fully saturated rings. The second kappa shape index (κ2) is 6.87. The summed E-state index contributed by atoms with van der Waals surface area (Å²) in [4.78, 5) is 18.2. The van der Waals surface area contributed by atoms with Crippen LogP contribution in [0.3, 0.4) is 0 Å². The summed E-state index contributed by atoms with van der Waals surface area (Å²) in [5.41, 5.74) is 0.585. The van der Waals surface area contributed by atoms with Gasteiger partial charge in [-0.1, -0.05) is 0 Å². The molecule has 2 aliphatic heterocycles. The lowest BCUT2D eigenvalue weighted by Crippen LogP contribution is -2.40. The average molecular weight is 292 g/mol. The molecule has 0 saturated carbocycles. The van der Waals surface area contributed by atoms with Crippen molar-refractivity contribution in [2.75, 3.05) is 39.5 Å². The molecule has 21 heavy (non-hydrogen) atoms. The molecular formula is C15H20N2O4. The van der Waals surface area contributed by atoms with Gasteiger partial charge in [-0.2, -0.15) is 0 Å². The van der Waals surface area contributed by atoms with Gasteiger partial charge in [-0.3, -0.25) is 4.79 Å². The summed E-state index contributed by atoms with van der Waals surface area (Å²) in [6.45, 7) is 3.80. The Labute approximate surface area is 124 Å². The average Bonchev–Trinajstić information content (AvgIpc) is 3.07. The van der Waals surface area contributed by atoms with Gasteiger partial charge in [-0.25, -0.2) is 4.98 Å². The summed E-state index contributed by atoms with van der Waals surface area (Å²) in [6.07, 6.45) is 3.87. The van der Waals surface area contributed by atoms with E-state index in [9.17, 15) is 4.79 Å². The zero-order chi connectivity index (χ0) is 14.5. The molecule has 3 rings (SSSR count). The van der Waals surface area contributed by atoms with E-state index in [-0.39, 0.29) is 12.0 Å². The minimum Gasteiger partial charge on any atom is -0.475 e. The molecule has 1 unspecified atom stereocenters. The molecule has 1 aromatic rings. The van der Waals surface area contributed by atoms with E-state index >= 15 is 0 Å². The van der Waals surface area contributed by atoms with E-state index in [0.29, 0.717) is 44.4 Å². The van der Waals surface area contributed by atoms with Crippen LogP contribution in [0.15, 0.2) is 18.3 Å². The molecule has 1 aromatic heterocycles. The number of rotatable bonds is 4.